The van der Waals surface area contributed by atoms with Gasteiger partial charge in [-0.1, -0.05) is 49.4 Å². The average Bonchev–Trinajstić information content (AvgIpc) is 2.74. The van der Waals surface area contributed by atoms with E-state index >= 15 is 0 Å². The summed E-state index contributed by atoms with van der Waals surface area (Å²) >= 11 is 0. The van der Waals surface area contributed by atoms with Gasteiger partial charge in [0.25, 0.3) is 0 Å². The molecule has 2 aromatic rings. The van der Waals surface area contributed by atoms with E-state index in [4.69, 9.17) is 0 Å². The summed E-state index contributed by atoms with van der Waals surface area (Å²) in [5, 5.41) is 2.91. The Morgan fingerprint density at radius 2 is 1.69 bits per heavy atom. The zero-order chi connectivity index (χ0) is 23.9. The summed E-state index contributed by atoms with van der Waals surface area (Å²) in [6.07, 6.45) is 1.84. The largest absolute Gasteiger partial charge is 0.352 e. The van der Waals surface area contributed by atoms with Crippen molar-refractivity contribution in [1.82, 2.24) is 10.2 Å². The standard InChI is InChI=1S/C24H33N3O4S/c1-6-19(3)25-24(29)20(4)26(16-21-12-8-7-9-13-21)23(28)17-27(32(5,30)31)22-14-10-11-18(2)15-22/h7-15,19-20H,6,16-17H2,1-5H3,(H,25,29)/t19-,20-/m0/s1. The van der Waals surface area contributed by atoms with E-state index in [1.165, 1.54) is 4.90 Å². The Bertz CT molecular complexity index is 1020. The van der Waals surface area contributed by atoms with E-state index in [0.29, 0.717) is 5.69 Å². The van der Waals surface area contributed by atoms with Crippen molar-refractivity contribution in [1.29, 1.82) is 0 Å². The lowest BCUT2D eigenvalue weighted by Gasteiger charge is -2.32. The first-order valence-corrected chi connectivity index (χ1v) is 12.6. The second kappa shape index (κ2) is 11.1. The van der Waals surface area contributed by atoms with E-state index in [-0.39, 0.29) is 18.5 Å². The van der Waals surface area contributed by atoms with Gasteiger partial charge in [-0.2, -0.15) is 0 Å². The van der Waals surface area contributed by atoms with Crippen LogP contribution in [-0.4, -0.2) is 50.0 Å². The third-order valence-electron chi connectivity index (χ3n) is 5.33. The Morgan fingerprint density at radius 3 is 2.25 bits per heavy atom. The quantitative estimate of drug-likeness (QED) is 0.592. The first kappa shape index (κ1) is 25.4. The van der Waals surface area contributed by atoms with Crippen molar-refractivity contribution in [2.45, 2.75) is 52.7 Å². The molecule has 0 radical (unpaired) electrons. The number of carbonyl (C=O) groups excluding carboxylic acids is 2. The number of hydrogen-bond donors (Lipinski definition) is 1. The van der Waals surface area contributed by atoms with Crippen LogP contribution in [0.25, 0.3) is 0 Å². The van der Waals surface area contributed by atoms with Crippen LogP contribution in [0.15, 0.2) is 54.6 Å². The number of aryl methyl sites for hydroxylation is 1. The predicted molar refractivity (Wildman–Crippen MR) is 128 cm³/mol. The summed E-state index contributed by atoms with van der Waals surface area (Å²) in [6, 6.07) is 15.5. The minimum Gasteiger partial charge on any atom is -0.352 e. The molecule has 0 bridgehead atoms. The number of sulfonamides is 1. The molecule has 1 N–H and O–H groups in total. The Morgan fingerprint density at radius 1 is 1.03 bits per heavy atom. The van der Waals surface area contributed by atoms with E-state index in [1.54, 1.807) is 25.1 Å². The van der Waals surface area contributed by atoms with E-state index in [9.17, 15) is 18.0 Å². The van der Waals surface area contributed by atoms with Crippen LogP contribution >= 0.6 is 0 Å². The molecule has 0 fully saturated rings. The summed E-state index contributed by atoms with van der Waals surface area (Å²) in [6.45, 7) is 7.19. The lowest BCUT2D eigenvalue weighted by molar-refractivity contribution is -0.139. The summed E-state index contributed by atoms with van der Waals surface area (Å²) in [4.78, 5) is 27.6. The molecule has 2 rings (SSSR count). The third kappa shape index (κ3) is 7.09. The van der Waals surface area contributed by atoms with Gasteiger partial charge in [-0.15, -0.1) is 0 Å². The highest BCUT2D eigenvalue weighted by Gasteiger charge is 2.30. The van der Waals surface area contributed by atoms with Gasteiger partial charge in [0, 0.05) is 12.6 Å². The number of rotatable bonds is 10. The maximum absolute atomic E-state index is 13.4. The zero-order valence-corrected chi connectivity index (χ0v) is 20.2. The highest BCUT2D eigenvalue weighted by atomic mass is 32.2. The smallest absolute Gasteiger partial charge is 0.244 e. The predicted octanol–water partition coefficient (Wildman–Crippen LogP) is 3.09. The number of amides is 2. The fourth-order valence-electron chi connectivity index (χ4n) is 3.23. The van der Waals surface area contributed by atoms with Crippen molar-refractivity contribution in [2.75, 3.05) is 17.1 Å². The van der Waals surface area contributed by atoms with Crippen molar-refractivity contribution < 1.29 is 18.0 Å². The molecule has 0 saturated heterocycles. The number of nitrogens with one attached hydrogen (secondary N) is 1. The van der Waals surface area contributed by atoms with E-state index in [1.807, 2.05) is 57.2 Å². The third-order valence-corrected chi connectivity index (χ3v) is 6.47. The molecule has 0 heterocycles. The monoisotopic (exact) mass is 459 g/mol. The highest BCUT2D eigenvalue weighted by molar-refractivity contribution is 7.92. The molecule has 0 aromatic heterocycles. The molecule has 2 atom stereocenters. The Kier molecular flexibility index (Phi) is 8.83. The summed E-state index contributed by atoms with van der Waals surface area (Å²) < 4.78 is 26.1. The fourth-order valence-corrected chi connectivity index (χ4v) is 4.07. The van der Waals surface area contributed by atoms with Crippen LogP contribution in [0.3, 0.4) is 0 Å². The lowest BCUT2D eigenvalue weighted by atomic mass is 10.1. The van der Waals surface area contributed by atoms with Crippen molar-refractivity contribution in [2.24, 2.45) is 0 Å². The van der Waals surface area contributed by atoms with Gasteiger partial charge < -0.3 is 10.2 Å². The number of carbonyl (C=O) groups is 2. The molecular formula is C24H33N3O4S. The molecule has 7 nitrogen and oxygen atoms in total. The maximum atomic E-state index is 13.4. The van der Waals surface area contributed by atoms with Crippen molar-refractivity contribution >= 4 is 27.5 Å². The van der Waals surface area contributed by atoms with Gasteiger partial charge in [0.2, 0.25) is 21.8 Å². The number of hydrogen-bond acceptors (Lipinski definition) is 4. The molecule has 8 heteroatoms. The SMILES string of the molecule is CC[C@H](C)NC(=O)[C@H](C)N(Cc1ccccc1)C(=O)CN(c1cccc(C)c1)S(C)(=O)=O. The van der Waals surface area contributed by atoms with Crippen LogP contribution in [0.4, 0.5) is 5.69 Å². The van der Waals surface area contributed by atoms with Crippen molar-refractivity contribution in [3.05, 3.63) is 65.7 Å². The van der Waals surface area contributed by atoms with E-state index in [2.05, 4.69) is 5.32 Å². The normalized spacial score (nSPS) is 13.2. The topological polar surface area (TPSA) is 86.8 Å². The second-order valence-electron chi connectivity index (χ2n) is 8.11. The van der Waals surface area contributed by atoms with Crippen LogP contribution in [0.5, 0.6) is 0 Å². The van der Waals surface area contributed by atoms with Gasteiger partial charge in [0.05, 0.1) is 11.9 Å². The molecule has 2 amide bonds. The molecule has 2 aromatic carbocycles. The van der Waals surface area contributed by atoms with Crippen LogP contribution in [0.2, 0.25) is 0 Å². The first-order chi connectivity index (χ1) is 15.0. The van der Waals surface area contributed by atoms with E-state index in [0.717, 1.165) is 28.1 Å². The van der Waals surface area contributed by atoms with Crippen LogP contribution < -0.4 is 9.62 Å². The number of benzene rings is 2. The van der Waals surface area contributed by atoms with Crippen LogP contribution in [-0.2, 0) is 26.2 Å². The van der Waals surface area contributed by atoms with Crippen molar-refractivity contribution in [3.63, 3.8) is 0 Å². The molecule has 0 aliphatic carbocycles. The Labute approximate surface area is 191 Å². The summed E-state index contributed by atoms with van der Waals surface area (Å²) in [5.74, 6) is -0.724. The first-order valence-electron chi connectivity index (χ1n) is 10.7. The van der Waals surface area contributed by atoms with Crippen molar-refractivity contribution in [3.8, 4) is 0 Å². The zero-order valence-electron chi connectivity index (χ0n) is 19.4. The molecule has 0 spiro atoms. The molecule has 0 aliphatic heterocycles. The fraction of sp³-hybridized carbons (Fsp3) is 0.417. The average molecular weight is 460 g/mol. The molecule has 0 aliphatic rings. The van der Waals surface area contributed by atoms with E-state index < -0.39 is 28.5 Å². The van der Waals surface area contributed by atoms with Crippen LogP contribution in [0.1, 0.15) is 38.3 Å². The van der Waals surface area contributed by atoms with Crippen LogP contribution in [0, 0.1) is 6.92 Å². The molecular weight excluding hydrogens is 426 g/mol. The number of anilines is 1. The van der Waals surface area contributed by atoms with Gasteiger partial charge in [-0.05, 0) is 50.5 Å². The summed E-state index contributed by atoms with van der Waals surface area (Å²) in [5.41, 5.74) is 2.15. The molecule has 174 valence electrons. The minimum atomic E-state index is -3.72. The van der Waals surface area contributed by atoms with Gasteiger partial charge in [0.15, 0.2) is 0 Å². The number of nitrogens with zero attached hydrogens (tertiary/aromatic N) is 2. The van der Waals surface area contributed by atoms with Gasteiger partial charge >= 0.3 is 0 Å². The lowest BCUT2D eigenvalue weighted by Crippen LogP contribution is -2.52. The Hall–Kier alpha value is -2.87. The van der Waals surface area contributed by atoms with Gasteiger partial charge in [-0.25, -0.2) is 8.42 Å². The van der Waals surface area contributed by atoms with Gasteiger partial charge in [-0.3, -0.25) is 13.9 Å². The molecule has 0 saturated carbocycles. The maximum Gasteiger partial charge on any atom is 0.244 e. The molecule has 32 heavy (non-hydrogen) atoms. The highest BCUT2D eigenvalue weighted by Crippen LogP contribution is 2.20. The summed E-state index contributed by atoms with van der Waals surface area (Å²) in [7, 11) is -3.72. The molecule has 0 unspecified atom stereocenters. The minimum absolute atomic E-state index is 0.0292. The Balaban J connectivity index is 2.35. The second-order valence-corrected chi connectivity index (χ2v) is 10.0. The van der Waals surface area contributed by atoms with Gasteiger partial charge in [0.1, 0.15) is 12.6 Å².